The molecule has 0 spiro atoms. The van der Waals surface area contributed by atoms with Crippen LogP contribution in [0.5, 0.6) is 5.75 Å². The van der Waals surface area contributed by atoms with Gasteiger partial charge in [-0.15, -0.1) is 0 Å². The molecular formula is C23H23NO5S. The number of nitrogens with zero attached hydrogens (tertiary/aromatic N) is 1. The minimum Gasteiger partial charge on any atom is -0.497 e. The molecule has 1 N–H and O–H groups in total. The summed E-state index contributed by atoms with van der Waals surface area (Å²) in [5.74, 6) is -0.686. The maximum Gasteiger partial charge on any atom is 0.322 e. The first-order valence-electron chi connectivity index (χ1n) is 9.38. The van der Waals surface area contributed by atoms with E-state index in [1.54, 1.807) is 60.7 Å². The summed E-state index contributed by atoms with van der Waals surface area (Å²) in [6.45, 7) is -0.0565. The van der Waals surface area contributed by atoms with Gasteiger partial charge in [-0.05, 0) is 41.8 Å². The fourth-order valence-corrected chi connectivity index (χ4v) is 4.73. The Labute approximate surface area is 176 Å². The van der Waals surface area contributed by atoms with Gasteiger partial charge < -0.3 is 9.84 Å². The Kier molecular flexibility index (Phi) is 6.87. The molecule has 0 bridgehead atoms. The van der Waals surface area contributed by atoms with Crippen LogP contribution in [0, 0.1) is 0 Å². The smallest absolute Gasteiger partial charge is 0.322 e. The zero-order valence-corrected chi connectivity index (χ0v) is 17.3. The fourth-order valence-electron chi connectivity index (χ4n) is 3.16. The van der Waals surface area contributed by atoms with Crippen molar-refractivity contribution in [3.63, 3.8) is 0 Å². The number of carboxylic acid groups (broad SMARTS) is 1. The van der Waals surface area contributed by atoms with Crippen molar-refractivity contribution < 1.29 is 23.1 Å². The largest absolute Gasteiger partial charge is 0.497 e. The molecule has 6 nitrogen and oxygen atoms in total. The summed E-state index contributed by atoms with van der Waals surface area (Å²) >= 11 is 0. The maximum atomic E-state index is 13.5. The van der Waals surface area contributed by atoms with Gasteiger partial charge in [-0.25, -0.2) is 8.42 Å². The highest BCUT2D eigenvalue weighted by atomic mass is 32.2. The molecule has 30 heavy (non-hydrogen) atoms. The van der Waals surface area contributed by atoms with Crippen molar-refractivity contribution in [3.8, 4) is 5.75 Å². The molecule has 0 aromatic heterocycles. The molecule has 0 aliphatic heterocycles. The summed E-state index contributed by atoms with van der Waals surface area (Å²) in [6.07, 6.45) is 0.0540. The molecule has 0 radical (unpaired) electrons. The van der Waals surface area contributed by atoms with Gasteiger partial charge in [-0.1, -0.05) is 60.7 Å². The van der Waals surface area contributed by atoms with E-state index < -0.39 is 22.0 Å². The molecule has 0 saturated heterocycles. The lowest BCUT2D eigenvalue weighted by atomic mass is 10.1. The van der Waals surface area contributed by atoms with E-state index in [0.29, 0.717) is 11.3 Å². The van der Waals surface area contributed by atoms with Crippen LogP contribution in [0.1, 0.15) is 11.1 Å². The first kappa shape index (κ1) is 21.5. The molecule has 1 unspecified atom stereocenters. The molecule has 0 heterocycles. The first-order chi connectivity index (χ1) is 14.4. The zero-order valence-electron chi connectivity index (χ0n) is 16.5. The normalized spacial score (nSPS) is 12.5. The van der Waals surface area contributed by atoms with Crippen molar-refractivity contribution in [2.75, 3.05) is 7.11 Å². The zero-order chi connectivity index (χ0) is 21.6. The third kappa shape index (κ3) is 5.06. The quantitative estimate of drug-likeness (QED) is 0.567. The standard InChI is InChI=1S/C23H23NO5S/c1-29-20-12-14-21(15-13-20)30(27,28)24(17-19-10-6-3-7-11-19)22(23(25)26)16-18-8-4-2-5-9-18/h2-15,22H,16-17H2,1H3,(H,25,26). The second kappa shape index (κ2) is 9.56. The summed E-state index contributed by atoms with van der Waals surface area (Å²) in [7, 11) is -2.60. The Morgan fingerprint density at radius 2 is 1.43 bits per heavy atom. The van der Waals surface area contributed by atoms with E-state index in [1.165, 1.54) is 19.2 Å². The second-order valence-electron chi connectivity index (χ2n) is 6.76. The van der Waals surface area contributed by atoms with Crippen molar-refractivity contribution in [2.45, 2.75) is 23.9 Å². The van der Waals surface area contributed by atoms with Gasteiger partial charge in [-0.3, -0.25) is 4.79 Å². The third-order valence-electron chi connectivity index (χ3n) is 4.75. The van der Waals surface area contributed by atoms with Crippen molar-refractivity contribution in [3.05, 3.63) is 96.1 Å². The van der Waals surface area contributed by atoms with E-state index in [0.717, 1.165) is 9.87 Å². The monoisotopic (exact) mass is 425 g/mol. The van der Waals surface area contributed by atoms with E-state index >= 15 is 0 Å². The van der Waals surface area contributed by atoms with Crippen LogP contribution in [-0.4, -0.2) is 37.0 Å². The molecule has 1 atom stereocenters. The Balaban J connectivity index is 2.04. The summed E-state index contributed by atoms with van der Waals surface area (Å²) < 4.78 is 33.1. The number of aliphatic carboxylic acids is 1. The number of carboxylic acids is 1. The third-order valence-corrected chi connectivity index (χ3v) is 6.62. The van der Waals surface area contributed by atoms with Gasteiger partial charge in [-0.2, -0.15) is 4.31 Å². The predicted molar refractivity (Wildman–Crippen MR) is 114 cm³/mol. The Morgan fingerprint density at radius 1 is 0.900 bits per heavy atom. The molecule has 0 amide bonds. The molecule has 156 valence electrons. The van der Waals surface area contributed by atoms with Crippen LogP contribution in [-0.2, 0) is 27.8 Å². The highest BCUT2D eigenvalue weighted by molar-refractivity contribution is 7.89. The number of hydrogen-bond donors (Lipinski definition) is 1. The van der Waals surface area contributed by atoms with Gasteiger partial charge in [0.15, 0.2) is 0 Å². The lowest BCUT2D eigenvalue weighted by molar-refractivity contribution is -0.141. The number of carbonyl (C=O) groups is 1. The molecule has 3 rings (SSSR count). The van der Waals surface area contributed by atoms with Crippen LogP contribution < -0.4 is 4.74 Å². The molecular weight excluding hydrogens is 402 g/mol. The molecule has 0 fully saturated rings. The van der Waals surface area contributed by atoms with Crippen LogP contribution in [0.25, 0.3) is 0 Å². The Bertz CT molecular complexity index is 1070. The number of rotatable bonds is 9. The van der Waals surface area contributed by atoms with Crippen LogP contribution in [0.4, 0.5) is 0 Å². The number of hydrogen-bond acceptors (Lipinski definition) is 4. The van der Waals surface area contributed by atoms with E-state index in [2.05, 4.69) is 0 Å². The second-order valence-corrected chi connectivity index (χ2v) is 8.65. The van der Waals surface area contributed by atoms with Gasteiger partial charge in [0.25, 0.3) is 0 Å². The van der Waals surface area contributed by atoms with Crippen LogP contribution >= 0.6 is 0 Å². The van der Waals surface area contributed by atoms with Crippen molar-refractivity contribution >= 4 is 16.0 Å². The molecule has 0 aliphatic rings. The fraction of sp³-hybridized carbons (Fsp3) is 0.174. The van der Waals surface area contributed by atoms with Crippen molar-refractivity contribution in [1.29, 1.82) is 0 Å². The highest BCUT2D eigenvalue weighted by Crippen LogP contribution is 2.25. The molecule has 0 aliphatic carbocycles. The summed E-state index contributed by atoms with van der Waals surface area (Å²) in [4.78, 5) is 12.2. The first-order valence-corrected chi connectivity index (χ1v) is 10.8. The predicted octanol–water partition coefficient (Wildman–Crippen LogP) is 3.58. The minimum atomic E-state index is -4.09. The summed E-state index contributed by atoms with van der Waals surface area (Å²) in [5, 5.41) is 9.95. The SMILES string of the molecule is COc1ccc(S(=O)(=O)N(Cc2ccccc2)C(Cc2ccccc2)C(=O)O)cc1. The van der Waals surface area contributed by atoms with Crippen LogP contribution in [0.15, 0.2) is 89.8 Å². The number of ether oxygens (including phenoxy) is 1. The lowest BCUT2D eigenvalue weighted by Gasteiger charge is -2.28. The molecule has 7 heteroatoms. The van der Waals surface area contributed by atoms with Gasteiger partial charge in [0.1, 0.15) is 11.8 Å². The van der Waals surface area contributed by atoms with Crippen molar-refractivity contribution in [1.82, 2.24) is 4.31 Å². The van der Waals surface area contributed by atoms with E-state index in [-0.39, 0.29) is 17.9 Å². The summed E-state index contributed by atoms with van der Waals surface area (Å²) in [6, 6.07) is 22.6. The number of sulfonamides is 1. The average Bonchev–Trinajstić information content (AvgIpc) is 2.77. The van der Waals surface area contributed by atoms with E-state index in [1.807, 2.05) is 12.1 Å². The van der Waals surface area contributed by atoms with Crippen molar-refractivity contribution in [2.24, 2.45) is 0 Å². The Hall–Kier alpha value is -3.16. The van der Waals surface area contributed by atoms with E-state index in [4.69, 9.17) is 4.74 Å². The topological polar surface area (TPSA) is 83.9 Å². The number of benzene rings is 3. The van der Waals surface area contributed by atoms with Gasteiger partial charge >= 0.3 is 5.97 Å². The van der Waals surface area contributed by atoms with Gasteiger partial charge in [0.2, 0.25) is 10.0 Å². The lowest BCUT2D eigenvalue weighted by Crippen LogP contribution is -2.45. The van der Waals surface area contributed by atoms with Gasteiger partial charge in [0, 0.05) is 6.54 Å². The highest BCUT2D eigenvalue weighted by Gasteiger charge is 2.36. The minimum absolute atomic E-state index is 0.0125. The number of methoxy groups -OCH3 is 1. The molecule has 3 aromatic carbocycles. The van der Waals surface area contributed by atoms with Crippen LogP contribution in [0.3, 0.4) is 0 Å². The van der Waals surface area contributed by atoms with E-state index in [9.17, 15) is 18.3 Å². The maximum absolute atomic E-state index is 13.5. The van der Waals surface area contributed by atoms with Crippen LogP contribution in [0.2, 0.25) is 0 Å². The molecule has 3 aromatic rings. The average molecular weight is 426 g/mol. The summed E-state index contributed by atoms with van der Waals surface area (Å²) in [5.41, 5.74) is 1.45. The Morgan fingerprint density at radius 3 is 1.93 bits per heavy atom. The van der Waals surface area contributed by atoms with Gasteiger partial charge in [0.05, 0.1) is 12.0 Å². The molecule has 0 saturated carbocycles.